The molecule has 258 valence electrons. The Morgan fingerprint density at radius 3 is 2.02 bits per heavy atom. The minimum Gasteiger partial charge on any atom is -0.455 e. The number of fused-ring (bicyclic) bond motifs is 12. The van der Waals surface area contributed by atoms with Crippen molar-refractivity contribution in [3.63, 3.8) is 0 Å². The molecule has 1 aliphatic rings. The second kappa shape index (κ2) is 11.7. The number of para-hydroxylation sites is 1. The molecule has 0 saturated heterocycles. The Labute approximate surface area is 318 Å². The molecule has 0 saturated carbocycles. The predicted molar refractivity (Wildman–Crippen MR) is 229 cm³/mol. The molecular weight excluding hydrogens is 695 g/mol. The number of thiophene rings is 1. The van der Waals surface area contributed by atoms with Gasteiger partial charge < -0.3 is 14.2 Å². The summed E-state index contributed by atoms with van der Waals surface area (Å²) in [6, 6.07) is 57.2. The van der Waals surface area contributed by atoms with Crippen molar-refractivity contribution in [2.75, 3.05) is 0 Å². The van der Waals surface area contributed by atoms with E-state index in [0.717, 1.165) is 104 Å². The number of furan rings is 2. The van der Waals surface area contributed by atoms with E-state index in [2.05, 4.69) is 151 Å². The normalized spacial score (nSPS) is 14.7. The molecule has 8 aromatic carbocycles. The van der Waals surface area contributed by atoms with Gasteiger partial charge >= 0.3 is 0 Å². The SMILES string of the molecule is c1ccc(-c2cccc(C3=NC(c4cc5c6ccccc6oc5c5c4sc4ccccc45)N=C(c4ccc5c(c4)oc4c6ccccc6ccc54)N3)c2)cc1. The van der Waals surface area contributed by atoms with Crippen molar-refractivity contribution in [3.05, 3.63) is 180 Å². The topological polar surface area (TPSA) is 63.0 Å². The number of amidine groups is 2. The van der Waals surface area contributed by atoms with Crippen molar-refractivity contribution in [2.24, 2.45) is 9.98 Å². The maximum Gasteiger partial charge on any atom is 0.171 e. The molecule has 11 aromatic rings. The van der Waals surface area contributed by atoms with Crippen LogP contribution in [0.5, 0.6) is 0 Å². The number of hydrogen-bond donors (Lipinski definition) is 1. The van der Waals surface area contributed by atoms with Gasteiger partial charge in [-0.15, -0.1) is 11.3 Å². The lowest BCUT2D eigenvalue weighted by Crippen LogP contribution is -2.36. The molecule has 1 N–H and O–H groups in total. The highest BCUT2D eigenvalue weighted by Gasteiger charge is 2.27. The van der Waals surface area contributed by atoms with Crippen molar-refractivity contribution < 1.29 is 8.83 Å². The van der Waals surface area contributed by atoms with E-state index in [1.54, 1.807) is 11.3 Å². The summed E-state index contributed by atoms with van der Waals surface area (Å²) in [4.78, 5) is 10.9. The van der Waals surface area contributed by atoms with Crippen LogP contribution in [0.1, 0.15) is 22.9 Å². The van der Waals surface area contributed by atoms with Gasteiger partial charge in [-0.3, -0.25) is 0 Å². The van der Waals surface area contributed by atoms with Crippen LogP contribution in [0.25, 0.3) is 85.9 Å². The molecular formula is C49H29N3O2S. The van der Waals surface area contributed by atoms with E-state index in [-0.39, 0.29) is 0 Å². The second-order valence-electron chi connectivity index (χ2n) is 14.1. The summed E-state index contributed by atoms with van der Waals surface area (Å²) in [5.74, 6) is 1.49. The zero-order valence-corrected chi connectivity index (χ0v) is 30.1. The summed E-state index contributed by atoms with van der Waals surface area (Å²) >= 11 is 1.77. The van der Waals surface area contributed by atoms with Gasteiger partial charge in [-0.1, -0.05) is 121 Å². The van der Waals surface area contributed by atoms with Crippen LogP contribution in [0.4, 0.5) is 0 Å². The van der Waals surface area contributed by atoms with Gasteiger partial charge in [0.25, 0.3) is 0 Å². The first-order valence-corrected chi connectivity index (χ1v) is 19.2. The third kappa shape index (κ3) is 4.72. The van der Waals surface area contributed by atoms with E-state index in [0.29, 0.717) is 0 Å². The molecule has 3 aromatic heterocycles. The molecule has 0 fully saturated rings. The molecule has 4 heterocycles. The van der Waals surface area contributed by atoms with Crippen LogP contribution in [0.15, 0.2) is 183 Å². The fourth-order valence-corrected chi connectivity index (χ4v) is 9.53. The van der Waals surface area contributed by atoms with Crippen molar-refractivity contribution in [1.82, 2.24) is 5.32 Å². The molecule has 0 aliphatic carbocycles. The highest BCUT2D eigenvalue weighted by atomic mass is 32.1. The van der Waals surface area contributed by atoms with E-state index >= 15 is 0 Å². The zero-order chi connectivity index (χ0) is 36.0. The van der Waals surface area contributed by atoms with Gasteiger partial charge in [-0.05, 0) is 59.0 Å². The molecule has 0 amide bonds. The van der Waals surface area contributed by atoms with Gasteiger partial charge in [0.1, 0.15) is 34.0 Å². The standard InChI is InChI=1S/C49H29N3O2S/c1-2-11-28(12-3-1)30-14-10-15-31(25-30)47-50-48(32-22-23-35-36-24-21-29-13-4-5-16-33(29)44(36)54-41(35)26-32)52-49(51-47)39-27-38-34-17-6-8-19-40(34)53-45(38)43-37-18-7-9-20-42(37)55-46(39)43/h1-27,49H,(H,50,51,52). The van der Waals surface area contributed by atoms with Gasteiger partial charge in [0.2, 0.25) is 0 Å². The lowest BCUT2D eigenvalue weighted by Gasteiger charge is -2.23. The molecule has 1 atom stereocenters. The Morgan fingerprint density at radius 2 is 1.13 bits per heavy atom. The molecule has 1 aliphatic heterocycles. The summed E-state index contributed by atoms with van der Waals surface area (Å²) in [5, 5.41) is 12.5. The van der Waals surface area contributed by atoms with E-state index in [9.17, 15) is 0 Å². The Hall–Kier alpha value is -7.02. The Balaban J connectivity index is 1.09. The summed E-state index contributed by atoms with van der Waals surface area (Å²) in [6.07, 6.45) is -0.532. The smallest absolute Gasteiger partial charge is 0.171 e. The first kappa shape index (κ1) is 30.4. The maximum absolute atomic E-state index is 6.63. The van der Waals surface area contributed by atoms with Crippen LogP contribution in [-0.4, -0.2) is 11.7 Å². The number of benzene rings is 8. The maximum atomic E-state index is 6.63. The van der Waals surface area contributed by atoms with Crippen molar-refractivity contribution >= 4 is 97.8 Å². The largest absolute Gasteiger partial charge is 0.455 e. The van der Waals surface area contributed by atoms with E-state index in [1.807, 2.05) is 18.2 Å². The van der Waals surface area contributed by atoms with Gasteiger partial charge in [0.15, 0.2) is 6.17 Å². The van der Waals surface area contributed by atoms with Crippen LogP contribution < -0.4 is 5.32 Å². The average Bonchev–Trinajstić information content (AvgIpc) is 3.95. The molecule has 6 heteroatoms. The Kier molecular flexibility index (Phi) is 6.50. The van der Waals surface area contributed by atoms with E-state index < -0.39 is 6.17 Å². The number of aliphatic imine (C=N–C) groups is 2. The third-order valence-electron chi connectivity index (χ3n) is 10.9. The lowest BCUT2D eigenvalue weighted by molar-refractivity contribution is 0.672. The van der Waals surface area contributed by atoms with E-state index in [4.69, 9.17) is 18.8 Å². The Bertz CT molecular complexity index is 3420. The van der Waals surface area contributed by atoms with Gasteiger partial charge in [0.05, 0.1) is 0 Å². The fraction of sp³-hybridized carbons (Fsp3) is 0.0204. The summed E-state index contributed by atoms with van der Waals surface area (Å²) in [6.45, 7) is 0. The quantitative estimate of drug-likeness (QED) is 0.197. The number of rotatable bonds is 4. The minimum absolute atomic E-state index is 0.532. The van der Waals surface area contributed by atoms with Crippen LogP contribution in [0.2, 0.25) is 0 Å². The fourth-order valence-electron chi connectivity index (χ4n) is 8.29. The Morgan fingerprint density at radius 1 is 0.455 bits per heavy atom. The predicted octanol–water partition coefficient (Wildman–Crippen LogP) is 13.2. The molecule has 0 bridgehead atoms. The van der Waals surface area contributed by atoms with Crippen LogP contribution in [0, 0.1) is 0 Å². The minimum atomic E-state index is -0.532. The number of hydrogen-bond acceptors (Lipinski definition) is 6. The highest BCUT2D eigenvalue weighted by Crippen LogP contribution is 2.46. The summed E-state index contributed by atoms with van der Waals surface area (Å²) < 4.78 is 15.6. The molecule has 5 nitrogen and oxygen atoms in total. The molecule has 0 radical (unpaired) electrons. The van der Waals surface area contributed by atoms with E-state index in [1.165, 1.54) is 10.1 Å². The van der Waals surface area contributed by atoms with Crippen LogP contribution >= 0.6 is 11.3 Å². The highest BCUT2D eigenvalue weighted by molar-refractivity contribution is 7.26. The first-order valence-electron chi connectivity index (χ1n) is 18.4. The summed E-state index contributed by atoms with van der Waals surface area (Å²) in [5.41, 5.74) is 8.71. The van der Waals surface area contributed by atoms with Gasteiger partial charge in [0, 0.05) is 63.8 Å². The molecule has 12 rings (SSSR count). The monoisotopic (exact) mass is 723 g/mol. The third-order valence-corrected chi connectivity index (χ3v) is 12.1. The number of nitrogens with zero attached hydrogens (tertiary/aromatic N) is 2. The lowest BCUT2D eigenvalue weighted by atomic mass is 10.0. The zero-order valence-electron chi connectivity index (χ0n) is 29.3. The molecule has 55 heavy (non-hydrogen) atoms. The first-order chi connectivity index (χ1) is 27.2. The molecule has 1 unspecified atom stereocenters. The van der Waals surface area contributed by atoms with Gasteiger partial charge in [-0.2, -0.15) is 0 Å². The van der Waals surface area contributed by atoms with Crippen molar-refractivity contribution in [3.8, 4) is 11.1 Å². The number of nitrogens with one attached hydrogen (secondary N) is 1. The van der Waals surface area contributed by atoms with Crippen molar-refractivity contribution in [1.29, 1.82) is 0 Å². The summed E-state index contributed by atoms with van der Waals surface area (Å²) in [7, 11) is 0. The van der Waals surface area contributed by atoms with Crippen LogP contribution in [0.3, 0.4) is 0 Å². The average molecular weight is 724 g/mol. The molecule has 0 spiro atoms. The van der Waals surface area contributed by atoms with Crippen LogP contribution in [-0.2, 0) is 0 Å². The van der Waals surface area contributed by atoms with Gasteiger partial charge in [-0.25, -0.2) is 9.98 Å². The van der Waals surface area contributed by atoms with Crippen molar-refractivity contribution in [2.45, 2.75) is 6.17 Å². The second-order valence-corrected chi connectivity index (χ2v) is 15.2.